The van der Waals surface area contributed by atoms with Gasteiger partial charge in [0.15, 0.2) is 12.4 Å². The number of aromatic nitrogens is 3. The fourth-order valence-corrected chi connectivity index (χ4v) is 3.74. The fourth-order valence-electron chi connectivity index (χ4n) is 3.74. The number of aromatic hydroxyl groups is 1. The van der Waals surface area contributed by atoms with Gasteiger partial charge in [0.25, 0.3) is 5.91 Å². The smallest absolute Gasteiger partial charge is 0.258 e. The van der Waals surface area contributed by atoms with Crippen LogP contribution in [0.3, 0.4) is 0 Å². The Hall–Kier alpha value is -3.39. The molecule has 2 N–H and O–H groups in total. The number of carbonyl (C=O) groups is 1. The Bertz CT molecular complexity index is 1000. The predicted octanol–water partition coefficient (Wildman–Crippen LogP) is 2.30. The number of carbonyl (C=O) groups excluding carboxylic acids is 1. The molecular weight excluding hydrogens is 394 g/mol. The highest BCUT2D eigenvalue weighted by molar-refractivity contribution is 5.77. The van der Waals surface area contributed by atoms with Crippen LogP contribution in [-0.4, -0.2) is 50.4 Å². The van der Waals surface area contributed by atoms with E-state index in [-0.39, 0.29) is 24.3 Å². The van der Waals surface area contributed by atoms with Crippen molar-refractivity contribution in [3.63, 3.8) is 0 Å². The van der Waals surface area contributed by atoms with Crippen molar-refractivity contribution in [2.45, 2.75) is 32.5 Å². The molecule has 8 nitrogen and oxygen atoms in total. The largest absolute Gasteiger partial charge is 0.508 e. The van der Waals surface area contributed by atoms with Crippen molar-refractivity contribution in [2.75, 3.05) is 19.7 Å². The first-order chi connectivity index (χ1) is 15.1. The molecule has 4 rings (SSSR count). The van der Waals surface area contributed by atoms with E-state index in [9.17, 15) is 9.90 Å². The van der Waals surface area contributed by atoms with Gasteiger partial charge >= 0.3 is 0 Å². The van der Waals surface area contributed by atoms with E-state index in [1.54, 1.807) is 12.1 Å². The molecule has 31 heavy (non-hydrogen) atoms. The van der Waals surface area contributed by atoms with Gasteiger partial charge < -0.3 is 19.7 Å². The lowest BCUT2D eigenvalue weighted by Gasteiger charge is -2.20. The molecule has 2 heterocycles. The average Bonchev–Trinajstić information content (AvgIpc) is 3.09. The maximum absolute atomic E-state index is 12.3. The zero-order chi connectivity index (χ0) is 21.6. The standard InChI is InChI=1S/C23H27N5O3/c1-17(24-22(30)16-31-20-5-3-2-4-6-20)23-26-25-21-11-12-27(13-14-28(21)23)15-18-7-9-19(29)10-8-18/h2-10,17,29H,11-16H2,1H3,(H,24,30). The number of hydrogen-bond acceptors (Lipinski definition) is 6. The average molecular weight is 422 g/mol. The van der Waals surface area contributed by atoms with E-state index in [0.717, 1.165) is 49.8 Å². The van der Waals surface area contributed by atoms with Crippen molar-refractivity contribution in [3.8, 4) is 11.5 Å². The second kappa shape index (κ2) is 9.61. The van der Waals surface area contributed by atoms with E-state index in [4.69, 9.17) is 4.74 Å². The number of nitrogens with one attached hydrogen (secondary N) is 1. The SMILES string of the molecule is CC(NC(=O)COc1ccccc1)c1nnc2n1CCN(Cc1ccc(O)cc1)CC2. The molecule has 0 spiro atoms. The summed E-state index contributed by atoms with van der Waals surface area (Å²) < 4.78 is 7.63. The van der Waals surface area contributed by atoms with Crippen LogP contribution >= 0.6 is 0 Å². The Morgan fingerprint density at radius 2 is 1.87 bits per heavy atom. The highest BCUT2D eigenvalue weighted by atomic mass is 16.5. The number of nitrogens with zero attached hydrogens (tertiary/aromatic N) is 4. The first-order valence-corrected chi connectivity index (χ1v) is 10.5. The number of rotatable bonds is 7. The molecule has 0 fully saturated rings. The number of phenolic OH excluding ortho intramolecular Hbond substituents is 1. The summed E-state index contributed by atoms with van der Waals surface area (Å²) >= 11 is 0. The minimum absolute atomic E-state index is 0.0459. The number of ether oxygens (including phenoxy) is 1. The van der Waals surface area contributed by atoms with Gasteiger partial charge in [-0.2, -0.15) is 0 Å². The van der Waals surface area contributed by atoms with E-state index in [2.05, 4.69) is 25.0 Å². The van der Waals surface area contributed by atoms with Gasteiger partial charge in [-0.25, -0.2) is 0 Å². The van der Waals surface area contributed by atoms with Gasteiger partial charge in [0.1, 0.15) is 17.3 Å². The van der Waals surface area contributed by atoms with E-state index in [1.165, 1.54) is 0 Å². The van der Waals surface area contributed by atoms with Crippen LogP contribution in [0.15, 0.2) is 54.6 Å². The van der Waals surface area contributed by atoms with Gasteiger partial charge in [0.2, 0.25) is 0 Å². The normalized spacial score (nSPS) is 15.0. The van der Waals surface area contributed by atoms with Gasteiger partial charge in [0.05, 0.1) is 6.04 Å². The molecule has 1 atom stereocenters. The number of benzene rings is 2. The minimum atomic E-state index is -0.267. The second-order valence-electron chi connectivity index (χ2n) is 7.71. The lowest BCUT2D eigenvalue weighted by atomic mass is 10.2. The molecule has 1 unspecified atom stereocenters. The van der Waals surface area contributed by atoms with Crippen LogP contribution in [0, 0.1) is 0 Å². The third-order valence-electron chi connectivity index (χ3n) is 5.37. The first kappa shape index (κ1) is 20.9. The molecule has 1 aliphatic rings. The van der Waals surface area contributed by atoms with Gasteiger partial charge in [0, 0.05) is 32.6 Å². The van der Waals surface area contributed by atoms with Crippen molar-refractivity contribution in [2.24, 2.45) is 0 Å². The topological polar surface area (TPSA) is 92.5 Å². The first-order valence-electron chi connectivity index (χ1n) is 10.5. The van der Waals surface area contributed by atoms with E-state index < -0.39 is 0 Å². The molecule has 0 aliphatic carbocycles. The quantitative estimate of drug-likeness (QED) is 0.608. The van der Waals surface area contributed by atoms with Crippen LogP contribution in [0.25, 0.3) is 0 Å². The second-order valence-corrected chi connectivity index (χ2v) is 7.71. The molecule has 162 valence electrons. The molecule has 1 aromatic heterocycles. The summed E-state index contributed by atoms with van der Waals surface area (Å²) in [7, 11) is 0. The Labute approximate surface area is 181 Å². The number of fused-ring (bicyclic) bond motifs is 1. The summed E-state index contributed by atoms with van der Waals surface area (Å²) in [6.07, 6.45) is 0.795. The van der Waals surface area contributed by atoms with Crippen LogP contribution in [0.5, 0.6) is 11.5 Å². The molecule has 1 aliphatic heterocycles. The van der Waals surface area contributed by atoms with Crippen LogP contribution in [0.4, 0.5) is 0 Å². The zero-order valence-corrected chi connectivity index (χ0v) is 17.6. The third-order valence-corrected chi connectivity index (χ3v) is 5.37. The molecular formula is C23H27N5O3. The van der Waals surface area contributed by atoms with Crippen LogP contribution in [0.2, 0.25) is 0 Å². The molecule has 0 radical (unpaired) electrons. The van der Waals surface area contributed by atoms with Crippen molar-refractivity contribution < 1.29 is 14.6 Å². The van der Waals surface area contributed by atoms with Crippen LogP contribution in [-0.2, 0) is 24.3 Å². The number of phenols is 1. The summed E-state index contributed by atoms with van der Waals surface area (Å²) in [4.78, 5) is 14.7. The van der Waals surface area contributed by atoms with Gasteiger partial charge in [-0.15, -0.1) is 10.2 Å². The van der Waals surface area contributed by atoms with Crippen LogP contribution < -0.4 is 10.1 Å². The molecule has 0 bridgehead atoms. The molecule has 2 aromatic carbocycles. The highest BCUT2D eigenvalue weighted by Crippen LogP contribution is 2.18. The summed E-state index contributed by atoms with van der Waals surface area (Å²) in [6.45, 7) is 5.18. The lowest BCUT2D eigenvalue weighted by molar-refractivity contribution is -0.123. The summed E-state index contributed by atoms with van der Waals surface area (Å²) in [5, 5.41) is 21.1. The number of para-hydroxylation sites is 1. The lowest BCUT2D eigenvalue weighted by Crippen LogP contribution is -2.33. The zero-order valence-electron chi connectivity index (χ0n) is 17.6. The predicted molar refractivity (Wildman–Crippen MR) is 116 cm³/mol. The van der Waals surface area contributed by atoms with Crippen molar-refractivity contribution in [1.82, 2.24) is 25.0 Å². The van der Waals surface area contributed by atoms with E-state index >= 15 is 0 Å². The van der Waals surface area contributed by atoms with Gasteiger partial charge in [-0.3, -0.25) is 9.69 Å². The monoisotopic (exact) mass is 421 g/mol. The molecule has 3 aromatic rings. The Kier molecular flexibility index (Phi) is 6.47. The number of hydrogen-bond donors (Lipinski definition) is 2. The van der Waals surface area contributed by atoms with Crippen LogP contribution in [0.1, 0.15) is 30.2 Å². The molecule has 0 saturated heterocycles. The van der Waals surface area contributed by atoms with Crippen molar-refractivity contribution in [3.05, 3.63) is 71.8 Å². The minimum Gasteiger partial charge on any atom is -0.508 e. The summed E-state index contributed by atoms with van der Waals surface area (Å²) in [5.41, 5.74) is 1.16. The van der Waals surface area contributed by atoms with Crippen molar-refractivity contribution in [1.29, 1.82) is 0 Å². The Morgan fingerprint density at radius 3 is 2.65 bits per heavy atom. The molecule has 8 heteroatoms. The highest BCUT2D eigenvalue weighted by Gasteiger charge is 2.23. The van der Waals surface area contributed by atoms with Crippen molar-refractivity contribution >= 4 is 5.91 Å². The molecule has 0 saturated carbocycles. The fraction of sp³-hybridized carbons (Fsp3) is 0.348. The molecule has 1 amide bonds. The Balaban J connectivity index is 1.33. The number of amides is 1. The Morgan fingerprint density at radius 1 is 1.10 bits per heavy atom. The summed E-state index contributed by atoms with van der Waals surface area (Å²) in [6, 6.07) is 16.3. The summed E-state index contributed by atoms with van der Waals surface area (Å²) in [5.74, 6) is 2.44. The third kappa shape index (κ3) is 5.40. The van der Waals surface area contributed by atoms with E-state index in [1.807, 2.05) is 49.4 Å². The van der Waals surface area contributed by atoms with Gasteiger partial charge in [-0.05, 0) is 36.8 Å². The maximum Gasteiger partial charge on any atom is 0.258 e. The maximum atomic E-state index is 12.3. The van der Waals surface area contributed by atoms with Gasteiger partial charge in [-0.1, -0.05) is 30.3 Å². The van der Waals surface area contributed by atoms with E-state index in [0.29, 0.717) is 5.75 Å².